The Bertz CT molecular complexity index is 667. The number of nitrogens with one attached hydrogen (secondary N) is 4. The van der Waals surface area contributed by atoms with Gasteiger partial charge < -0.3 is 26.0 Å². The van der Waals surface area contributed by atoms with E-state index in [4.69, 9.17) is 4.74 Å². The Morgan fingerprint density at radius 3 is 2.33 bits per heavy atom. The second-order valence-electron chi connectivity index (χ2n) is 6.83. The molecule has 9 nitrogen and oxygen atoms in total. The molecule has 0 aromatic heterocycles. The van der Waals surface area contributed by atoms with E-state index >= 15 is 0 Å². The van der Waals surface area contributed by atoms with Gasteiger partial charge in [-0.3, -0.25) is 14.4 Å². The molecule has 0 spiro atoms. The fourth-order valence-corrected chi connectivity index (χ4v) is 1.94. The highest BCUT2D eigenvalue weighted by molar-refractivity contribution is 5.97. The molecule has 0 heterocycles. The van der Waals surface area contributed by atoms with Crippen LogP contribution < -0.4 is 21.3 Å². The first kappa shape index (κ1) is 21.9. The lowest BCUT2D eigenvalue weighted by atomic mass is 10.2. The molecule has 0 radical (unpaired) electrons. The molecule has 4 amide bonds. The fraction of sp³-hybridized carbons (Fsp3) is 0.444. The Hall–Kier alpha value is -3.10. The molecule has 4 N–H and O–H groups in total. The highest BCUT2D eigenvalue weighted by Crippen LogP contribution is 2.11. The summed E-state index contributed by atoms with van der Waals surface area (Å²) in [5.74, 6) is -0.859. The second-order valence-corrected chi connectivity index (χ2v) is 6.83. The SMILES string of the molecule is CC(NC(=O)CNC=O)C(=O)Nc1ccc(CNC(=O)OC(C)(C)C)cc1. The number of carbonyl (C=O) groups is 4. The van der Waals surface area contributed by atoms with Crippen LogP contribution in [0.5, 0.6) is 0 Å². The van der Waals surface area contributed by atoms with E-state index in [2.05, 4.69) is 21.3 Å². The maximum absolute atomic E-state index is 12.1. The molecule has 1 rings (SSSR count). The van der Waals surface area contributed by atoms with Crippen molar-refractivity contribution in [3.05, 3.63) is 29.8 Å². The number of anilines is 1. The van der Waals surface area contributed by atoms with Gasteiger partial charge in [0.1, 0.15) is 11.6 Å². The minimum absolute atomic E-state index is 0.194. The zero-order valence-electron chi connectivity index (χ0n) is 15.9. The standard InChI is InChI=1S/C18H26N4O5/c1-12(21-15(24)10-19-11-23)16(25)22-14-7-5-13(6-8-14)9-20-17(26)27-18(2,3)4/h5-8,11-12H,9-10H2,1-4H3,(H,19,23)(H,20,26)(H,21,24)(H,22,25). The van der Waals surface area contributed by atoms with Gasteiger partial charge >= 0.3 is 6.09 Å². The van der Waals surface area contributed by atoms with Gasteiger partial charge in [0.25, 0.3) is 0 Å². The highest BCUT2D eigenvalue weighted by Gasteiger charge is 2.16. The van der Waals surface area contributed by atoms with Gasteiger partial charge in [0, 0.05) is 12.2 Å². The third kappa shape index (κ3) is 9.24. The number of rotatable bonds is 8. The molecular weight excluding hydrogens is 352 g/mol. The number of hydrogen-bond acceptors (Lipinski definition) is 5. The van der Waals surface area contributed by atoms with E-state index in [9.17, 15) is 19.2 Å². The lowest BCUT2D eigenvalue weighted by molar-refractivity contribution is -0.126. The monoisotopic (exact) mass is 378 g/mol. The van der Waals surface area contributed by atoms with Crippen molar-refractivity contribution in [1.82, 2.24) is 16.0 Å². The van der Waals surface area contributed by atoms with Gasteiger partial charge in [0.15, 0.2) is 0 Å². The zero-order valence-corrected chi connectivity index (χ0v) is 15.9. The van der Waals surface area contributed by atoms with Crippen LogP contribution in [0.2, 0.25) is 0 Å². The Balaban J connectivity index is 2.47. The third-order valence-corrected chi connectivity index (χ3v) is 3.17. The predicted molar refractivity (Wildman–Crippen MR) is 99.8 cm³/mol. The van der Waals surface area contributed by atoms with Crippen molar-refractivity contribution in [1.29, 1.82) is 0 Å². The number of hydrogen-bond donors (Lipinski definition) is 4. The number of benzene rings is 1. The van der Waals surface area contributed by atoms with E-state index in [0.717, 1.165) is 5.56 Å². The Kier molecular flexibility index (Phi) is 8.25. The fourth-order valence-electron chi connectivity index (χ4n) is 1.94. The molecule has 0 aliphatic rings. The summed E-state index contributed by atoms with van der Waals surface area (Å²) in [6.07, 6.45) is -0.0997. The number of alkyl carbamates (subject to hydrolysis) is 1. The highest BCUT2D eigenvalue weighted by atomic mass is 16.6. The number of amides is 4. The minimum Gasteiger partial charge on any atom is -0.444 e. The molecule has 0 fully saturated rings. The van der Waals surface area contributed by atoms with Gasteiger partial charge in [-0.05, 0) is 45.4 Å². The van der Waals surface area contributed by atoms with Crippen LogP contribution in [0.3, 0.4) is 0 Å². The summed E-state index contributed by atoms with van der Waals surface area (Å²) in [6, 6.07) is 6.12. The first-order chi connectivity index (χ1) is 12.6. The quantitative estimate of drug-likeness (QED) is 0.500. The zero-order chi connectivity index (χ0) is 20.4. The van der Waals surface area contributed by atoms with Crippen molar-refractivity contribution < 1.29 is 23.9 Å². The molecule has 1 unspecified atom stereocenters. The van der Waals surface area contributed by atoms with Crippen LogP contribution in [0.15, 0.2) is 24.3 Å². The van der Waals surface area contributed by atoms with Crippen LogP contribution in [0, 0.1) is 0 Å². The van der Waals surface area contributed by atoms with Crippen molar-refractivity contribution in [3.63, 3.8) is 0 Å². The van der Waals surface area contributed by atoms with E-state index in [-0.39, 0.29) is 6.54 Å². The largest absolute Gasteiger partial charge is 0.444 e. The molecule has 0 aliphatic carbocycles. The van der Waals surface area contributed by atoms with Gasteiger partial charge in [-0.25, -0.2) is 4.79 Å². The van der Waals surface area contributed by atoms with Gasteiger partial charge in [0.05, 0.1) is 6.54 Å². The van der Waals surface area contributed by atoms with Gasteiger partial charge in [-0.2, -0.15) is 0 Å². The molecule has 0 aliphatic heterocycles. The molecule has 1 aromatic rings. The van der Waals surface area contributed by atoms with Crippen molar-refractivity contribution in [2.45, 2.75) is 45.9 Å². The first-order valence-corrected chi connectivity index (χ1v) is 8.44. The van der Waals surface area contributed by atoms with E-state index < -0.39 is 29.6 Å². The van der Waals surface area contributed by atoms with E-state index in [1.165, 1.54) is 6.92 Å². The van der Waals surface area contributed by atoms with Crippen LogP contribution in [-0.2, 0) is 25.7 Å². The van der Waals surface area contributed by atoms with Crippen LogP contribution in [0.4, 0.5) is 10.5 Å². The normalized spacial score (nSPS) is 11.7. The second kappa shape index (κ2) is 10.1. The number of carbonyl (C=O) groups excluding carboxylic acids is 4. The topological polar surface area (TPSA) is 126 Å². The van der Waals surface area contributed by atoms with E-state index in [0.29, 0.717) is 18.6 Å². The number of ether oxygens (including phenoxy) is 1. The van der Waals surface area contributed by atoms with Crippen molar-refractivity contribution in [2.75, 3.05) is 11.9 Å². The predicted octanol–water partition coefficient (Wildman–Crippen LogP) is 0.900. The summed E-state index contributed by atoms with van der Waals surface area (Å²) in [6.45, 7) is 6.98. The maximum Gasteiger partial charge on any atom is 0.407 e. The van der Waals surface area contributed by atoms with Crippen molar-refractivity contribution >= 4 is 30.0 Å². The lowest BCUT2D eigenvalue weighted by Crippen LogP contribution is -2.44. The molecule has 0 saturated heterocycles. The Labute approximate surface area is 158 Å². The molecule has 0 bridgehead atoms. The summed E-state index contributed by atoms with van der Waals surface area (Å²) in [7, 11) is 0. The van der Waals surface area contributed by atoms with Crippen LogP contribution in [-0.4, -0.2) is 42.5 Å². The van der Waals surface area contributed by atoms with Crippen molar-refractivity contribution in [3.8, 4) is 0 Å². The molecule has 1 aromatic carbocycles. The maximum atomic E-state index is 12.1. The first-order valence-electron chi connectivity index (χ1n) is 8.44. The summed E-state index contributed by atoms with van der Waals surface area (Å²) >= 11 is 0. The van der Waals surface area contributed by atoms with Crippen LogP contribution in [0.25, 0.3) is 0 Å². The van der Waals surface area contributed by atoms with Gasteiger partial charge in [-0.1, -0.05) is 12.1 Å². The summed E-state index contributed by atoms with van der Waals surface area (Å²) in [5, 5.41) is 10.00. The van der Waals surface area contributed by atoms with Crippen LogP contribution in [0.1, 0.15) is 33.3 Å². The van der Waals surface area contributed by atoms with Gasteiger partial charge in [0.2, 0.25) is 18.2 Å². The molecule has 27 heavy (non-hydrogen) atoms. The molecule has 1 atom stereocenters. The van der Waals surface area contributed by atoms with E-state index in [1.54, 1.807) is 45.0 Å². The summed E-state index contributed by atoms with van der Waals surface area (Å²) < 4.78 is 5.15. The van der Waals surface area contributed by atoms with Gasteiger partial charge in [-0.15, -0.1) is 0 Å². The van der Waals surface area contributed by atoms with Crippen LogP contribution >= 0.6 is 0 Å². The average Bonchev–Trinajstić information content (AvgIpc) is 2.57. The van der Waals surface area contributed by atoms with Crippen molar-refractivity contribution in [2.24, 2.45) is 0 Å². The Morgan fingerprint density at radius 1 is 1.15 bits per heavy atom. The summed E-state index contributed by atoms with van der Waals surface area (Å²) in [4.78, 5) is 45.3. The van der Waals surface area contributed by atoms with E-state index in [1.807, 2.05) is 0 Å². The third-order valence-electron chi connectivity index (χ3n) is 3.17. The molecule has 9 heteroatoms. The smallest absolute Gasteiger partial charge is 0.407 e. The Morgan fingerprint density at radius 2 is 1.78 bits per heavy atom. The lowest BCUT2D eigenvalue weighted by Gasteiger charge is -2.19. The summed E-state index contributed by atoms with van der Waals surface area (Å²) in [5.41, 5.74) is 0.821. The molecule has 0 saturated carbocycles. The minimum atomic E-state index is -0.764. The molecular formula is C18H26N4O5. The average molecular weight is 378 g/mol. The molecule has 148 valence electrons.